The molecule has 0 bridgehead atoms. The van der Waals surface area contributed by atoms with Gasteiger partial charge in [-0.3, -0.25) is 14.6 Å². The van der Waals surface area contributed by atoms with E-state index in [4.69, 9.17) is 13.9 Å². The first kappa shape index (κ1) is 22.7. The summed E-state index contributed by atoms with van der Waals surface area (Å²) in [5, 5.41) is 12.6. The van der Waals surface area contributed by atoms with Gasteiger partial charge in [0.05, 0.1) is 23.5 Å². The number of amides is 1. The summed E-state index contributed by atoms with van der Waals surface area (Å²) in [5.41, 5.74) is 1.25. The summed E-state index contributed by atoms with van der Waals surface area (Å²) < 4.78 is 17.5. The van der Waals surface area contributed by atoms with Crippen LogP contribution < -0.4 is 10.7 Å². The van der Waals surface area contributed by atoms with E-state index in [0.717, 1.165) is 0 Å². The van der Waals surface area contributed by atoms with Crippen LogP contribution in [0.3, 0.4) is 0 Å². The number of anilines is 1. The van der Waals surface area contributed by atoms with Crippen molar-refractivity contribution in [3.63, 3.8) is 0 Å². The SMILES string of the molecule is CCO[C@@H]1OC(C(=O)Nc2cccnc2)=C[C@H](c2coc3ccccc3c2=O)[C@@H]1CCCO. The number of rotatable bonds is 8. The number of aliphatic hydroxyl groups excluding tert-OH is 1. The molecular weight excluding hydrogens is 424 g/mol. The lowest BCUT2D eigenvalue weighted by molar-refractivity contribution is -0.165. The molecule has 0 spiro atoms. The van der Waals surface area contributed by atoms with Gasteiger partial charge < -0.3 is 24.3 Å². The summed E-state index contributed by atoms with van der Waals surface area (Å²) in [5.74, 6) is -1.22. The highest BCUT2D eigenvalue weighted by molar-refractivity contribution is 6.02. The van der Waals surface area contributed by atoms with Crippen molar-refractivity contribution in [2.45, 2.75) is 32.0 Å². The van der Waals surface area contributed by atoms with Crippen LogP contribution in [0.1, 0.15) is 31.2 Å². The minimum Gasteiger partial charge on any atom is -0.464 e. The van der Waals surface area contributed by atoms with Crippen molar-refractivity contribution in [3.05, 3.63) is 82.7 Å². The van der Waals surface area contributed by atoms with Gasteiger partial charge in [-0.05, 0) is 50.1 Å². The number of fused-ring (bicyclic) bond motifs is 1. The molecule has 172 valence electrons. The summed E-state index contributed by atoms with van der Waals surface area (Å²) in [6.45, 7) is 2.18. The molecule has 4 rings (SSSR count). The third kappa shape index (κ3) is 4.97. The maximum absolute atomic E-state index is 13.4. The Morgan fingerprint density at radius 1 is 1.24 bits per heavy atom. The number of allylic oxidation sites excluding steroid dienone is 1. The largest absolute Gasteiger partial charge is 0.464 e. The molecule has 8 heteroatoms. The zero-order chi connectivity index (χ0) is 23.2. The summed E-state index contributed by atoms with van der Waals surface area (Å²) in [6.07, 6.45) is 6.49. The van der Waals surface area contributed by atoms with E-state index < -0.39 is 18.1 Å². The molecule has 1 aliphatic heterocycles. The Labute approximate surface area is 190 Å². The van der Waals surface area contributed by atoms with Crippen LogP contribution in [0.5, 0.6) is 0 Å². The average Bonchev–Trinajstić information content (AvgIpc) is 2.84. The molecule has 0 unspecified atom stereocenters. The molecule has 0 saturated carbocycles. The molecule has 0 radical (unpaired) electrons. The molecule has 2 aromatic heterocycles. The number of nitrogens with one attached hydrogen (secondary N) is 1. The number of pyridine rings is 1. The van der Waals surface area contributed by atoms with Crippen molar-refractivity contribution in [3.8, 4) is 0 Å². The van der Waals surface area contributed by atoms with Gasteiger partial charge in [-0.25, -0.2) is 0 Å². The Hall–Kier alpha value is -3.49. The first-order valence-electron chi connectivity index (χ1n) is 10.9. The molecule has 0 saturated heterocycles. The van der Waals surface area contributed by atoms with E-state index in [-0.39, 0.29) is 23.7 Å². The molecule has 8 nitrogen and oxygen atoms in total. The fourth-order valence-electron chi connectivity index (χ4n) is 4.07. The van der Waals surface area contributed by atoms with Crippen LogP contribution in [0.15, 0.2) is 76.1 Å². The first-order valence-corrected chi connectivity index (χ1v) is 10.9. The van der Waals surface area contributed by atoms with Crippen molar-refractivity contribution < 1.29 is 23.8 Å². The number of ether oxygens (including phenoxy) is 2. The van der Waals surface area contributed by atoms with E-state index in [1.165, 1.54) is 12.5 Å². The average molecular weight is 450 g/mol. The molecule has 1 aliphatic rings. The Balaban J connectivity index is 1.76. The fourth-order valence-corrected chi connectivity index (χ4v) is 4.07. The second kappa shape index (κ2) is 10.4. The fraction of sp³-hybridized carbons (Fsp3) is 0.320. The Morgan fingerprint density at radius 3 is 2.85 bits per heavy atom. The second-order valence-corrected chi connectivity index (χ2v) is 7.74. The van der Waals surface area contributed by atoms with Crippen molar-refractivity contribution in [1.82, 2.24) is 4.98 Å². The Morgan fingerprint density at radius 2 is 2.09 bits per heavy atom. The lowest BCUT2D eigenvalue weighted by Gasteiger charge is -2.36. The lowest BCUT2D eigenvalue weighted by atomic mass is 9.81. The van der Waals surface area contributed by atoms with Crippen molar-refractivity contribution in [2.75, 3.05) is 18.5 Å². The van der Waals surface area contributed by atoms with Crippen molar-refractivity contribution >= 4 is 22.6 Å². The highest BCUT2D eigenvalue weighted by atomic mass is 16.7. The van der Waals surface area contributed by atoms with Crippen LogP contribution in [-0.4, -0.2) is 35.5 Å². The van der Waals surface area contributed by atoms with E-state index in [0.29, 0.717) is 41.7 Å². The smallest absolute Gasteiger partial charge is 0.290 e. The highest BCUT2D eigenvalue weighted by Crippen LogP contribution is 2.39. The summed E-state index contributed by atoms with van der Waals surface area (Å²) >= 11 is 0. The van der Waals surface area contributed by atoms with Gasteiger partial charge >= 0.3 is 0 Å². The third-order valence-electron chi connectivity index (χ3n) is 5.62. The third-order valence-corrected chi connectivity index (χ3v) is 5.62. The van der Waals surface area contributed by atoms with Gasteiger partial charge in [0.15, 0.2) is 11.2 Å². The van der Waals surface area contributed by atoms with E-state index in [2.05, 4.69) is 10.3 Å². The van der Waals surface area contributed by atoms with E-state index >= 15 is 0 Å². The number of hydrogen-bond donors (Lipinski definition) is 2. The molecule has 3 aromatic rings. The molecule has 0 fully saturated rings. The number of para-hydroxylation sites is 1. The summed E-state index contributed by atoms with van der Waals surface area (Å²) in [6, 6.07) is 10.5. The molecule has 0 aliphatic carbocycles. The molecule has 2 N–H and O–H groups in total. The molecule has 3 heterocycles. The van der Waals surface area contributed by atoms with E-state index in [1.54, 1.807) is 48.7 Å². The Kier molecular flexibility index (Phi) is 7.16. The van der Waals surface area contributed by atoms with Crippen LogP contribution in [0.4, 0.5) is 5.69 Å². The van der Waals surface area contributed by atoms with Crippen LogP contribution in [-0.2, 0) is 14.3 Å². The number of aromatic nitrogens is 1. The highest BCUT2D eigenvalue weighted by Gasteiger charge is 2.39. The number of nitrogens with zero attached hydrogens (tertiary/aromatic N) is 1. The minimum absolute atomic E-state index is 0.00748. The molecule has 1 aromatic carbocycles. The van der Waals surface area contributed by atoms with Gasteiger partial charge in [-0.15, -0.1) is 0 Å². The van der Waals surface area contributed by atoms with Gasteiger partial charge in [0.25, 0.3) is 5.91 Å². The standard InChI is InChI=1S/C25H26N2O6/c1-2-31-25-17(9-6-12-28)19(20-15-32-21-10-4-3-8-18(21)23(20)29)13-22(33-25)24(30)27-16-7-5-11-26-14-16/h3-5,7-8,10-11,13-15,17,19,25,28H,2,6,9,12H2,1H3,(H,27,30)/t17-,19-,25+/m0/s1. The summed E-state index contributed by atoms with van der Waals surface area (Å²) in [7, 11) is 0. The lowest BCUT2D eigenvalue weighted by Crippen LogP contribution is -2.38. The topological polar surface area (TPSA) is 111 Å². The van der Waals surface area contributed by atoms with E-state index in [1.807, 2.05) is 6.92 Å². The van der Waals surface area contributed by atoms with E-state index in [9.17, 15) is 14.7 Å². The maximum Gasteiger partial charge on any atom is 0.290 e. The predicted octanol–water partition coefficient (Wildman–Crippen LogP) is 3.58. The Bertz CT molecular complexity index is 1190. The molecule has 3 atom stereocenters. The van der Waals surface area contributed by atoms with Crippen LogP contribution in [0.25, 0.3) is 11.0 Å². The van der Waals surface area contributed by atoms with Gasteiger partial charge in [0.2, 0.25) is 6.29 Å². The predicted molar refractivity (Wildman–Crippen MR) is 122 cm³/mol. The monoisotopic (exact) mass is 450 g/mol. The normalized spacial score (nSPS) is 20.2. The minimum atomic E-state index is -0.767. The second-order valence-electron chi connectivity index (χ2n) is 7.74. The first-order chi connectivity index (χ1) is 16.1. The zero-order valence-corrected chi connectivity index (χ0v) is 18.3. The number of carbonyl (C=O) groups is 1. The van der Waals surface area contributed by atoms with Crippen molar-refractivity contribution in [1.29, 1.82) is 0 Å². The van der Waals surface area contributed by atoms with Gasteiger partial charge in [0.1, 0.15) is 5.58 Å². The van der Waals surface area contributed by atoms with Gasteiger partial charge in [-0.2, -0.15) is 0 Å². The van der Waals surface area contributed by atoms with Crippen LogP contribution in [0, 0.1) is 5.92 Å². The van der Waals surface area contributed by atoms with Gasteiger partial charge in [0, 0.05) is 36.8 Å². The molecule has 33 heavy (non-hydrogen) atoms. The number of benzene rings is 1. The quantitative estimate of drug-likeness (QED) is 0.540. The summed E-state index contributed by atoms with van der Waals surface area (Å²) in [4.78, 5) is 30.3. The maximum atomic E-state index is 13.4. The number of hydrogen-bond acceptors (Lipinski definition) is 7. The number of carbonyl (C=O) groups excluding carboxylic acids is 1. The number of aliphatic hydroxyl groups is 1. The van der Waals surface area contributed by atoms with Crippen molar-refractivity contribution in [2.24, 2.45) is 5.92 Å². The van der Waals surface area contributed by atoms with Gasteiger partial charge in [-0.1, -0.05) is 12.1 Å². The molecular formula is C25H26N2O6. The zero-order valence-electron chi connectivity index (χ0n) is 18.3. The molecule has 1 amide bonds. The van der Waals surface area contributed by atoms with Crippen LogP contribution in [0.2, 0.25) is 0 Å². The van der Waals surface area contributed by atoms with Crippen LogP contribution >= 0.6 is 0 Å².